The maximum absolute atomic E-state index is 2.41. The van der Waals surface area contributed by atoms with E-state index in [4.69, 9.17) is 0 Å². The van der Waals surface area contributed by atoms with Gasteiger partial charge in [-0.1, -0.05) is 176 Å². The largest absolute Gasteiger partial charge is 0.0839 e. The molecule has 0 amide bonds. The van der Waals surface area contributed by atoms with E-state index in [2.05, 4.69) is 182 Å². The van der Waals surface area contributed by atoms with Gasteiger partial charge < -0.3 is 0 Å². The summed E-state index contributed by atoms with van der Waals surface area (Å²) in [5.74, 6) is 0.768. The Morgan fingerprint density at radius 1 is 0.400 bits per heavy atom. The van der Waals surface area contributed by atoms with E-state index in [9.17, 15) is 0 Å². The maximum Gasteiger partial charge on any atom is 0.0155 e. The number of rotatable bonds is 6. The lowest BCUT2D eigenvalue weighted by Gasteiger charge is -2.26. The Kier molecular flexibility index (Phi) is 7.17. The van der Waals surface area contributed by atoms with E-state index in [1.807, 2.05) is 0 Å². The van der Waals surface area contributed by atoms with Crippen LogP contribution in [-0.4, -0.2) is 0 Å². The van der Waals surface area contributed by atoms with E-state index >= 15 is 0 Å². The van der Waals surface area contributed by atoms with Crippen LogP contribution in [0.15, 0.2) is 182 Å². The first-order chi connectivity index (χ1) is 22.3. The lowest BCUT2D eigenvalue weighted by Crippen LogP contribution is -2.13. The van der Waals surface area contributed by atoms with Crippen molar-refractivity contribution in [3.63, 3.8) is 0 Å². The third-order valence-corrected chi connectivity index (χ3v) is 9.35. The van der Waals surface area contributed by atoms with Crippen molar-refractivity contribution in [2.75, 3.05) is 0 Å². The number of fused-ring (bicyclic) bond motifs is 2. The minimum Gasteiger partial charge on any atom is -0.0839 e. The third-order valence-electron chi connectivity index (χ3n) is 9.35. The molecule has 0 saturated heterocycles. The zero-order valence-electron chi connectivity index (χ0n) is 25.2. The molecule has 0 nitrogen and oxygen atoms in total. The predicted octanol–water partition coefficient (Wildman–Crippen LogP) is 12.3. The van der Waals surface area contributed by atoms with Gasteiger partial charge in [0.05, 0.1) is 0 Å². The van der Waals surface area contributed by atoms with Crippen molar-refractivity contribution in [1.29, 1.82) is 0 Å². The minimum absolute atomic E-state index is 0.322. The van der Waals surface area contributed by atoms with Crippen molar-refractivity contribution in [2.24, 2.45) is 5.92 Å². The Balaban J connectivity index is 1.30. The zero-order chi connectivity index (χ0) is 30.0. The molecule has 0 aromatic heterocycles. The third kappa shape index (κ3) is 5.09. The molecule has 0 radical (unpaired) electrons. The highest BCUT2D eigenvalue weighted by Crippen LogP contribution is 2.45. The summed E-state index contributed by atoms with van der Waals surface area (Å²) < 4.78 is 0. The summed E-state index contributed by atoms with van der Waals surface area (Å²) >= 11 is 0. The van der Waals surface area contributed by atoms with Crippen molar-refractivity contribution >= 4 is 21.5 Å². The van der Waals surface area contributed by atoms with Crippen LogP contribution < -0.4 is 0 Å². The molecule has 8 rings (SSSR count). The molecular formula is C45H34. The molecule has 7 aromatic carbocycles. The summed E-state index contributed by atoms with van der Waals surface area (Å²) in [6, 6.07) is 57.9. The highest BCUT2D eigenvalue weighted by molar-refractivity contribution is 6.21. The molecule has 0 saturated carbocycles. The normalized spacial score (nSPS) is 15.0. The summed E-state index contributed by atoms with van der Waals surface area (Å²) in [4.78, 5) is 0. The van der Waals surface area contributed by atoms with Crippen LogP contribution in [0, 0.1) is 5.92 Å². The van der Waals surface area contributed by atoms with Gasteiger partial charge >= 0.3 is 0 Å². The molecule has 0 fully saturated rings. The fourth-order valence-electron chi connectivity index (χ4n) is 7.27. The van der Waals surface area contributed by atoms with Crippen LogP contribution >= 0.6 is 0 Å². The summed E-state index contributed by atoms with van der Waals surface area (Å²) in [6.07, 6.45) is 10.1. The van der Waals surface area contributed by atoms with Crippen LogP contribution in [0.2, 0.25) is 0 Å². The second-order valence-corrected chi connectivity index (χ2v) is 12.0. The average Bonchev–Trinajstić information content (AvgIpc) is 3.12. The Morgan fingerprint density at radius 3 is 1.51 bits per heavy atom. The zero-order valence-corrected chi connectivity index (χ0v) is 25.2. The molecule has 0 N–H and O–H groups in total. The Labute approximate surface area is 265 Å². The van der Waals surface area contributed by atoms with Gasteiger partial charge in [-0.2, -0.15) is 0 Å². The lowest BCUT2D eigenvalue weighted by atomic mass is 9.77. The van der Waals surface area contributed by atoms with E-state index < -0.39 is 0 Å². The van der Waals surface area contributed by atoms with Gasteiger partial charge in [0.1, 0.15) is 0 Å². The maximum atomic E-state index is 2.41. The summed E-state index contributed by atoms with van der Waals surface area (Å²) in [5, 5.41) is 5.12. The lowest BCUT2D eigenvalue weighted by molar-refractivity contribution is 0.573. The molecule has 45 heavy (non-hydrogen) atoms. The van der Waals surface area contributed by atoms with Gasteiger partial charge in [-0.05, 0) is 84.5 Å². The van der Waals surface area contributed by atoms with Crippen LogP contribution in [0.25, 0.3) is 54.9 Å². The minimum atomic E-state index is 0.322. The molecule has 2 unspecified atom stereocenters. The van der Waals surface area contributed by atoms with Crippen molar-refractivity contribution in [2.45, 2.75) is 12.3 Å². The van der Waals surface area contributed by atoms with Gasteiger partial charge in [-0.15, -0.1) is 0 Å². The van der Waals surface area contributed by atoms with Gasteiger partial charge in [0.15, 0.2) is 0 Å². The Hall–Kier alpha value is -5.46. The number of hydrogen-bond donors (Lipinski definition) is 0. The van der Waals surface area contributed by atoms with Gasteiger partial charge in [-0.25, -0.2) is 0 Å². The Bertz CT molecular complexity index is 2150. The monoisotopic (exact) mass is 574 g/mol. The van der Waals surface area contributed by atoms with Gasteiger partial charge in [0.2, 0.25) is 0 Å². The van der Waals surface area contributed by atoms with E-state index in [-0.39, 0.29) is 0 Å². The first-order valence-corrected chi connectivity index (χ1v) is 15.9. The number of allylic oxidation sites excluding steroid dienone is 4. The van der Waals surface area contributed by atoms with E-state index in [1.54, 1.807) is 0 Å². The van der Waals surface area contributed by atoms with Crippen molar-refractivity contribution in [1.82, 2.24) is 0 Å². The average molecular weight is 575 g/mol. The summed E-state index contributed by atoms with van der Waals surface area (Å²) in [5.41, 5.74) is 10.3. The predicted molar refractivity (Wildman–Crippen MR) is 192 cm³/mol. The SMILES string of the molecule is C1=CCC(C(c2ccccc2)c2ccc(-c3ccc4c(-c5ccccc5)c5ccccc5c(-c5ccccc5)c4c3)cc2)C=C1. The molecule has 0 heteroatoms. The van der Waals surface area contributed by atoms with Crippen LogP contribution in [0.3, 0.4) is 0 Å². The van der Waals surface area contributed by atoms with Crippen LogP contribution in [0.1, 0.15) is 23.5 Å². The quantitative estimate of drug-likeness (QED) is 0.173. The van der Waals surface area contributed by atoms with Gasteiger partial charge in [0, 0.05) is 5.92 Å². The summed E-state index contributed by atoms with van der Waals surface area (Å²) in [6.45, 7) is 0. The molecule has 0 spiro atoms. The van der Waals surface area contributed by atoms with Gasteiger partial charge in [-0.3, -0.25) is 0 Å². The van der Waals surface area contributed by atoms with Crippen molar-refractivity contribution < 1.29 is 0 Å². The van der Waals surface area contributed by atoms with Crippen LogP contribution in [0.4, 0.5) is 0 Å². The smallest absolute Gasteiger partial charge is 0.0155 e. The molecule has 2 atom stereocenters. The second kappa shape index (κ2) is 11.9. The van der Waals surface area contributed by atoms with Crippen molar-refractivity contribution in [3.05, 3.63) is 193 Å². The molecular weight excluding hydrogens is 540 g/mol. The Morgan fingerprint density at radius 2 is 0.911 bits per heavy atom. The molecule has 0 bridgehead atoms. The molecule has 7 aromatic rings. The van der Waals surface area contributed by atoms with E-state index in [0.717, 1.165) is 6.42 Å². The topological polar surface area (TPSA) is 0 Å². The standard InChI is InChI=1S/C45H34/c1-5-15-33(16-6-1)43(34-17-7-2-8-18-34)37-27-25-32(26-28-37)38-29-30-41-42(31-38)45(36-21-11-4-12-22-36)40-24-14-13-23-39(40)44(41)35-19-9-3-10-20-35/h1-17,19-31,34,43H,18H2. The molecule has 1 aliphatic rings. The fourth-order valence-corrected chi connectivity index (χ4v) is 7.27. The van der Waals surface area contributed by atoms with Crippen molar-refractivity contribution in [3.8, 4) is 33.4 Å². The van der Waals surface area contributed by atoms with Gasteiger partial charge in [0.25, 0.3) is 0 Å². The molecule has 0 heterocycles. The second-order valence-electron chi connectivity index (χ2n) is 12.0. The number of hydrogen-bond acceptors (Lipinski definition) is 0. The van der Waals surface area contributed by atoms with Crippen LogP contribution in [-0.2, 0) is 0 Å². The summed E-state index contributed by atoms with van der Waals surface area (Å²) in [7, 11) is 0. The molecule has 214 valence electrons. The first-order valence-electron chi connectivity index (χ1n) is 15.9. The number of benzene rings is 7. The van der Waals surface area contributed by atoms with E-state index in [0.29, 0.717) is 11.8 Å². The molecule has 1 aliphatic carbocycles. The van der Waals surface area contributed by atoms with Crippen LogP contribution in [0.5, 0.6) is 0 Å². The highest BCUT2D eigenvalue weighted by atomic mass is 14.3. The molecule has 0 aliphatic heterocycles. The first kappa shape index (κ1) is 27.1. The van der Waals surface area contributed by atoms with E-state index in [1.165, 1.54) is 66.1 Å². The highest BCUT2D eigenvalue weighted by Gasteiger charge is 2.23. The fraction of sp³-hybridized carbons (Fsp3) is 0.0667.